The Morgan fingerprint density at radius 1 is 1.28 bits per heavy atom. The molecule has 0 radical (unpaired) electrons. The number of carbonyl (C=O) groups excluding carboxylic acids is 1. The molecule has 3 heterocycles. The third kappa shape index (κ3) is 4.66. The van der Waals surface area contributed by atoms with Gasteiger partial charge in [-0.2, -0.15) is 13.2 Å². The first kappa shape index (κ1) is 20.6. The standard InChI is InChI=1S/C18H21F3N6O2/c1-25-11-12(18(19,20)21)9-14(16(25)28)24-17(29)26(2)13-3-7-27(8-4-13)15-10-22-5-6-23-15/h5-6,9-11,13H,3-4,7-8H2,1-2H3,(H,24,29). The van der Waals surface area contributed by atoms with Crippen LogP contribution in [0.2, 0.25) is 0 Å². The van der Waals surface area contributed by atoms with E-state index in [1.807, 2.05) is 0 Å². The first-order valence-electron chi connectivity index (χ1n) is 8.99. The van der Waals surface area contributed by atoms with E-state index in [1.165, 1.54) is 11.9 Å². The molecule has 0 aromatic carbocycles. The first-order chi connectivity index (χ1) is 13.7. The molecule has 1 aliphatic rings. The fraction of sp³-hybridized carbons (Fsp3) is 0.444. The number of pyridine rings is 1. The van der Waals surface area contributed by atoms with Crippen molar-refractivity contribution in [1.29, 1.82) is 0 Å². The topological polar surface area (TPSA) is 83.4 Å². The normalized spacial score (nSPS) is 15.3. The highest BCUT2D eigenvalue weighted by molar-refractivity contribution is 5.89. The van der Waals surface area contributed by atoms with Crippen molar-refractivity contribution < 1.29 is 18.0 Å². The largest absolute Gasteiger partial charge is 0.417 e. The average Bonchev–Trinajstić information content (AvgIpc) is 2.70. The molecule has 1 aliphatic heterocycles. The zero-order valence-electron chi connectivity index (χ0n) is 16.0. The Morgan fingerprint density at radius 3 is 2.55 bits per heavy atom. The van der Waals surface area contributed by atoms with Crippen molar-refractivity contribution >= 4 is 17.5 Å². The number of carbonyl (C=O) groups is 1. The Morgan fingerprint density at radius 2 is 1.97 bits per heavy atom. The minimum atomic E-state index is -4.62. The summed E-state index contributed by atoms with van der Waals surface area (Å²) in [7, 11) is 2.77. The lowest BCUT2D eigenvalue weighted by Gasteiger charge is -2.37. The van der Waals surface area contributed by atoms with Crippen LogP contribution in [0.3, 0.4) is 0 Å². The maximum absolute atomic E-state index is 13.0. The Balaban J connectivity index is 1.66. The van der Waals surface area contributed by atoms with Crippen molar-refractivity contribution in [2.45, 2.75) is 25.1 Å². The minimum Gasteiger partial charge on any atom is -0.355 e. The Hall–Kier alpha value is -3.11. The molecular formula is C18H21F3N6O2. The van der Waals surface area contributed by atoms with Gasteiger partial charge < -0.3 is 19.7 Å². The van der Waals surface area contributed by atoms with Gasteiger partial charge in [-0.1, -0.05) is 0 Å². The average molecular weight is 410 g/mol. The SMILES string of the molecule is CN(C(=O)Nc1cc(C(F)(F)F)cn(C)c1=O)C1CCN(c2cnccn2)CC1. The van der Waals surface area contributed by atoms with Crippen LogP contribution >= 0.6 is 0 Å². The number of hydrogen-bond donors (Lipinski definition) is 1. The van der Waals surface area contributed by atoms with Crippen LogP contribution in [-0.4, -0.2) is 51.6 Å². The zero-order valence-corrected chi connectivity index (χ0v) is 16.0. The molecule has 0 saturated carbocycles. The molecule has 11 heteroatoms. The van der Waals surface area contributed by atoms with Crippen molar-refractivity contribution in [3.63, 3.8) is 0 Å². The van der Waals surface area contributed by atoms with Gasteiger partial charge in [0.2, 0.25) is 0 Å². The second-order valence-corrected chi connectivity index (χ2v) is 6.88. The molecule has 2 amide bonds. The van der Waals surface area contributed by atoms with Crippen LogP contribution in [-0.2, 0) is 13.2 Å². The molecule has 156 valence electrons. The summed E-state index contributed by atoms with van der Waals surface area (Å²) in [6.07, 6.45) is 2.25. The second-order valence-electron chi connectivity index (χ2n) is 6.88. The molecule has 1 N–H and O–H groups in total. The lowest BCUT2D eigenvalue weighted by molar-refractivity contribution is -0.138. The van der Waals surface area contributed by atoms with Gasteiger partial charge in [-0.05, 0) is 18.9 Å². The Bertz CT molecular complexity index is 923. The van der Waals surface area contributed by atoms with Crippen molar-refractivity contribution in [3.8, 4) is 0 Å². The lowest BCUT2D eigenvalue weighted by atomic mass is 10.0. The number of aryl methyl sites for hydroxylation is 1. The molecule has 2 aromatic rings. The second kappa shape index (κ2) is 8.10. The summed E-state index contributed by atoms with van der Waals surface area (Å²) in [5.41, 5.74) is -2.12. The van der Waals surface area contributed by atoms with Gasteiger partial charge in [0.25, 0.3) is 5.56 Å². The summed E-state index contributed by atoms with van der Waals surface area (Å²) in [5.74, 6) is 0.755. The molecule has 1 fully saturated rings. The van der Waals surface area contributed by atoms with Gasteiger partial charge in [0.05, 0.1) is 11.8 Å². The fourth-order valence-corrected chi connectivity index (χ4v) is 3.26. The number of piperidine rings is 1. The van der Waals surface area contributed by atoms with Gasteiger partial charge in [0.1, 0.15) is 11.5 Å². The van der Waals surface area contributed by atoms with Gasteiger partial charge >= 0.3 is 12.2 Å². The van der Waals surface area contributed by atoms with E-state index >= 15 is 0 Å². The van der Waals surface area contributed by atoms with E-state index in [9.17, 15) is 22.8 Å². The third-order valence-electron chi connectivity index (χ3n) is 4.96. The fourth-order valence-electron chi connectivity index (χ4n) is 3.26. The summed E-state index contributed by atoms with van der Waals surface area (Å²) < 4.78 is 39.8. The number of halogens is 3. The summed E-state index contributed by atoms with van der Waals surface area (Å²) in [5, 5.41) is 2.32. The molecule has 3 rings (SSSR count). The monoisotopic (exact) mass is 410 g/mol. The molecule has 0 aliphatic carbocycles. The molecule has 0 spiro atoms. The van der Waals surface area contributed by atoms with Crippen LogP contribution in [0.5, 0.6) is 0 Å². The maximum Gasteiger partial charge on any atom is 0.417 e. The van der Waals surface area contributed by atoms with E-state index in [0.717, 1.165) is 10.4 Å². The number of alkyl halides is 3. The lowest BCUT2D eigenvalue weighted by Crippen LogP contribution is -2.47. The van der Waals surface area contributed by atoms with Crippen LogP contribution in [0.1, 0.15) is 18.4 Å². The molecule has 2 aromatic heterocycles. The number of nitrogens with one attached hydrogen (secondary N) is 1. The minimum absolute atomic E-state index is 0.113. The van der Waals surface area contributed by atoms with Gasteiger partial charge in [0, 0.05) is 51.8 Å². The number of rotatable bonds is 3. The number of hydrogen-bond acceptors (Lipinski definition) is 5. The van der Waals surface area contributed by atoms with Gasteiger partial charge in [-0.25, -0.2) is 9.78 Å². The number of anilines is 2. The van der Waals surface area contributed by atoms with Gasteiger partial charge in [-0.15, -0.1) is 0 Å². The smallest absolute Gasteiger partial charge is 0.355 e. The predicted octanol–water partition coefficient (Wildman–Crippen LogP) is 2.33. The van der Waals surface area contributed by atoms with E-state index in [2.05, 4.69) is 20.2 Å². The zero-order chi connectivity index (χ0) is 21.2. The van der Waals surface area contributed by atoms with Crippen molar-refractivity contribution in [3.05, 3.63) is 46.8 Å². The molecule has 0 bridgehead atoms. The molecule has 8 nitrogen and oxygen atoms in total. The van der Waals surface area contributed by atoms with Crippen molar-refractivity contribution in [2.75, 3.05) is 30.4 Å². The number of urea groups is 1. The molecule has 1 saturated heterocycles. The maximum atomic E-state index is 13.0. The van der Waals surface area contributed by atoms with Crippen LogP contribution < -0.4 is 15.8 Å². The van der Waals surface area contributed by atoms with Crippen LogP contribution in [0, 0.1) is 0 Å². The summed E-state index contributed by atoms with van der Waals surface area (Å²) in [4.78, 5) is 36.4. The predicted molar refractivity (Wildman–Crippen MR) is 101 cm³/mol. The van der Waals surface area contributed by atoms with Crippen LogP contribution in [0.4, 0.5) is 29.5 Å². The molecule has 0 atom stereocenters. The highest BCUT2D eigenvalue weighted by Crippen LogP contribution is 2.29. The van der Waals surface area contributed by atoms with E-state index in [0.29, 0.717) is 38.2 Å². The third-order valence-corrected chi connectivity index (χ3v) is 4.96. The number of nitrogens with zero attached hydrogens (tertiary/aromatic N) is 5. The van der Waals surface area contributed by atoms with Crippen molar-refractivity contribution in [2.24, 2.45) is 7.05 Å². The molecular weight excluding hydrogens is 389 g/mol. The molecule has 29 heavy (non-hydrogen) atoms. The van der Waals surface area contributed by atoms with E-state index < -0.39 is 29.0 Å². The van der Waals surface area contributed by atoms with Crippen molar-refractivity contribution in [1.82, 2.24) is 19.4 Å². The Kier molecular flexibility index (Phi) is 5.76. The number of amides is 2. The van der Waals surface area contributed by atoms with E-state index in [4.69, 9.17) is 0 Å². The highest BCUT2D eigenvalue weighted by atomic mass is 19.4. The van der Waals surface area contributed by atoms with E-state index in [1.54, 1.807) is 25.6 Å². The quantitative estimate of drug-likeness (QED) is 0.840. The summed E-state index contributed by atoms with van der Waals surface area (Å²) in [6.45, 7) is 1.32. The Labute approximate surface area is 165 Å². The molecule has 0 unspecified atom stereocenters. The van der Waals surface area contributed by atoms with Crippen LogP contribution in [0.25, 0.3) is 0 Å². The highest BCUT2D eigenvalue weighted by Gasteiger charge is 2.32. The van der Waals surface area contributed by atoms with Gasteiger partial charge in [-0.3, -0.25) is 9.78 Å². The summed E-state index contributed by atoms with van der Waals surface area (Å²) >= 11 is 0. The number of aromatic nitrogens is 3. The van der Waals surface area contributed by atoms with Crippen LogP contribution in [0.15, 0.2) is 35.6 Å². The summed E-state index contributed by atoms with van der Waals surface area (Å²) in [6, 6.07) is -0.0814. The van der Waals surface area contributed by atoms with Gasteiger partial charge in [0.15, 0.2) is 0 Å². The van der Waals surface area contributed by atoms with E-state index in [-0.39, 0.29) is 6.04 Å². The first-order valence-corrected chi connectivity index (χ1v) is 8.99.